The molecule has 2 aromatic carbocycles. The van der Waals surface area contributed by atoms with E-state index in [1.54, 1.807) is 39.0 Å². The number of halogens is 2. The average Bonchev–Trinajstić information content (AvgIpc) is 3.41. The molecule has 2 aromatic heterocycles. The number of benzene rings is 2. The second kappa shape index (κ2) is 14.0. The van der Waals surface area contributed by atoms with Crippen LogP contribution in [-0.4, -0.2) is 72.1 Å². The Bertz CT molecular complexity index is 1930. The Morgan fingerprint density at radius 3 is 2.20 bits per heavy atom. The molecule has 3 heterocycles. The SMILES string of the molecule is CC(C)(C)OC(=O)CN(c1ccc2c(ccn2-c2ccc(N3CCCC(NC(=O)OC(C)(C)C)C3)nn2)c1)S(=O)(=O)c1cc(Cl)cc(Cl)c1. The number of hydrogen-bond donors (Lipinski definition) is 1. The fourth-order valence-corrected chi connectivity index (χ4v) is 7.62. The summed E-state index contributed by atoms with van der Waals surface area (Å²) in [6.07, 6.45) is 3.08. The van der Waals surface area contributed by atoms with E-state index in [0.717, 1.165) is 29.2 Å². The van der Waals surface area contributed by atoms with Gasteiger partial charge in [0.2, 0.25) is 0 Å². The number of carbonyl (C=O) groups is 2. The van der Waals surface area contributed by atoms with Crippen LogP contribution in [-0.2, 0) is 24.3 Å². The van der Waals surface area contributed by atoms with E-state index in [0.29, 0.717) is 23.6 Å². The van der Waals surface area contributed by atoms with Crippen molar-refractivity contribution in [2.45, 2.75) is 76.5 Å². The molecule has 262 valence electrons. The number of nitrogens with one attached hydrogen (secondary N) is 1. The molecule has 5 rings (SSSR count). The number of piperidine rings is 1. The summed E-state index contributed by atoms with van der Waals surface area (Å²) in [5.74, 6) is 0.513. The van der Waals surface area contributed by atoms with Crippen LogP contribution < -0.4 is 14.5 Å². The lowest BCUT2D eigenvalue weighted by Crippen LogP contribution is -2.49. The normalized spacial score (nSPS) is 15.6. The van der Waals surface area contributed by atoms with Crippen molar-refractivity contribution >= 4 is 67.7 Å². The van der Waals surface area contributed by atoms with Crippen molar-refractivity contribution in [1.82, 2.24) is 20.1 Å². The maximum Gasteiger partial charge on any atom is 0.407 e. The summed E-state index contributed by atoms with van der Waals surface area (Å²) in [6, 6.07) is 14.5. The number of rotatable bonds is 8. The third-order valence-electron chi connectivity index (χ3n) is 7.43. The summed E-state index contributed by atoms with van der Waals surface area (Å²) >= 11 is 12.3. The molecule has 1 aliphatic heterocycles. The van der Waals surface area contributed by atoms with Gasteiger partial charge in [0.25, 0.3) is 10.0 Å². The van der Waals surface area contributed by atoms with Crippen molar-refractivity contribution in [3.8, 4) is 5.82 Å². The lowest BCUT2D eigenvalue weighted by atomic mass is 10.1. The van der Waals surface area contributed by atoms with Crippen LogP contribution in [0.3, 0.4) is 0 Å². The third-order valence-corrected chi connectivity index (χ3v) is 9.62. The molecule has 0 radical (unpaired) electrons. The quantitative estimate of drug-likeness (QED) is 0.195. The molecule has 1 aliphatic rings. The molecular weight excluding hydrogens is 691 g/mol. The predicted octanol–water partition coefficient (Wildman–Crippen LogP) is 6.76. The van der Waals surface area contributed by atoms with E-state index in [-0.39, 0.29) is 26.7 Å². The minimum Gasteiger partial charge on any atom is -0.459 e. The van der Waals surface area contributed by atoms with Crippen molar-refractivity contribution in [3.63, 3.8) is 0 Å². The minimum absolute atomic E-state index is 0.0813. The van der Waals surface area contributed by atoms with Crippen LogP contribution in [0.4, 0.5) is 16.3 Å². The van der Waals surface area contributed by atoms with Crippen LogP contribution >= 0.6 is 23.2 Å². The number of alkyl carbamates (subject to hydrolysis) is 1. The summed E-state index contributed by atoms with van der Waals surface area (Å²) in [4.78, 5) is 27.2. The van der Waals surface area contributed by atoms with Gasteiger partial charge < -0.3 is 19.7 Å². The Kier molecular flexibility index (Phi) is 10.4. The van der Waals surface area contributed by atoms with Gasteiger partial charge in [-0.25, -0.2) is 13.2 Å². The zero-order valence-electron chi connectivity index (χ0n) is 28.2. The van der Waals surface area contributed by atoms with E-state index in [9.17, 15) is 18.0 Å². The summed E-state index contributed by atoms with van der Waals surface area (Å²) < 4.78 is 41.6. The fourth-order valence-electron chi connectivity index (χ4n) is 5.49. The number of aromatic nitrogens is 3. The summed E-state index contributed by atoms with van der Waals surface area (Å²) in [5, 5.41) is 12.9. The number of esters is 1. The number of ether oxygens (including phenoxy) is 2. The standard InChI is InChI=1S/C34H40Cl2N6O6S/c1-33(2,3)47-31(43)21-42(49(45,46)27-18-23(35)17-24(36)19-27)26-9-10-28-22(16-26)13-15-41(28)30-12-11-29(38-39-30)40-14-7-8-25(20-40)37-32(44)48-34(4,5)6/h9-13,15-19,25H,7-8,14,20-21H2,1-6H3,(H,37,44). The van der Waals surface area contributed by atoms with E-state index >= 15 is 0 Å². The highest BCUT2D eigenvalue weighted by Crippen LogP contribution is 2.32. The Balaban J connectivity index is 1.39. The van der Waals surface area contributed by atoms with Gasteiger partial charge in [-0.1, -0.05) is 23.2 Å². The third kappa shape index (κ3) is 9.14. The van der Waals surface area contributed by atoms with E-state index in [2.05, 4.69) is 20.4 Å². The number of hydrogen-bond acceptors (Lipinski definition) is 9. The van der Waals surface area contributed by atoms with Gasteiger partial charge in [-0.05, 0) is 109 Å². The summed E-state index contributed by atoms with van der Waals surface area (Å²) in [7, 11) is -4.30. The molecule has 4 aromatic rings. The second-order valence-corrected chi connectivity index (χ2v) is 16.5. The van der Waals surface area contributed by atoms with Crippen molar-refractivity contribution in [3.05, 3.63) is 70.8 Å². The molecule has 0 spiro atoms. The number of nitrogens with zero attached hydrogens (tertiary/aromatic N) is 5. The number of carbonyl (C=O) groups excluding carboxylic acids is 2. The molecular formula is C34H40Cl2N6O6S. The molecule has 15 heteroatoms. The van der Waals surface area contributed by atoms with Crippen molar-refractivity contribution in [1.29, 1.82) is 0 Å². The Morgan fingerprint density at radius 2 is 1.57 bits per heavy atom. The van der Waals surface area contributed by atoms with Gasteiger partial charge >= 0.3 is 12.1 Å². The molecule has 49 heavy (non-hydrogen) atoms. The van der Waals surface area contributed by atoms with E-state index in [4.69, 9.17) is 32.7 Å². The Labute approximate surface area is 296 Å². The van der Waals surface area contributed by atoms with Crippen LogP contribution in [0.15, 0.2) is 65.7 Å². The van der Waals surface area contributed by atoms with Gasteiger partial charge in [0, 0.05) is 40.8 Å². The van der Waals surface area contributed by atoms with Gasteiger partial charge in [0.05, 0.1) is 16.1 Å². The first-order valence-corrected chi connectivity index (χ1v) is 18.0. The lowest BCUT2D eigenvalue weighted by molar-refractivity contribution is -0.152. The van der Waals surface area contributed by atoms with Crippen LogP contribution in [0.2, 0.25) is 10.0 Å². The first kappa shape index (κ1) is 36.2. The Morgan fingerprint density at radius 1 is 0.918 bits per heavy atom. The molecule has 1 amide bonds. The maximum absolute atomic E-state index is 13.9. The van der Waals surface area contributed by atoms with E-state index < -0.39 is 39.8 Å². The van der Waals surface area contributed by atoms with Gasteiger partial charge in [-0.3, -0.25) is 13.7 Å². The molecule has 0 saturated carbocycles. The average molecular weight is 732 g/mol. The number of anilines is 2. The topological polar surface area (TPSA) is 136 Å². The molecule has 1 atom stereocenters. The van der Waals surface area contributed by atoms with Crippen LogP contribution in [0.1, 0.15) is 54.4 Å². The monoisotopic (exact) mass is 730 g/mol. The molecule has 1 fully saturated rings. The van der Waals surface area contributed by atoms with Crippen LogP contribution in [0, 0.1) is 0 Å². The van der Waals surface area contributed by atoms with Gasteiger partial charge in [-0.2, -0.15) is 0 Å². The van der Waals surface area contributed by atoms with Gasteiger partial charge in [0.1, 0.15) is 17.7 Å². The molecule has 0 bridgehead atoms. The van der Waals surface area contributed by atoms with Crippen molar-refractivity contribution < 1.29 is 27.5 Å². The maximum atomic E-state index is 13.9. The zero-order chi connectivity index (χ0) is 35.7. The van der Waals surface area contributed by atoms with Crippen molar-refractivity contribution in [2.24, 2.45) is 0 Å². The first-order chi connectivity index (χ1) is 22.9. The van der Waals surface area contributed by atoms with Gasteiger partial charge in [-0.15, -0.1) is 10.2 Å². The second-order valence-electron chi connectivity index (χ2n) is 13.8. The highest BCUT2D eigenvalue weighted by molar-refractivity contribution is 7.92. The highest BCUT2D eigenvalue weighted by Gasteiger charge is 2.31. The fraction of sp³-hybridized carbons (Fsp3) is 0.412. The molecule has 1 N–H and O–H groups in total. The molecule has 1 unspecified atom stereocenters. The lowest BCUT2D eigenvalue weighted by Gasteiger charge is -2.34. The van der Waals surface area contributed by atoms with Crippen LogP contribution in [0.5, 0.6) is 0 Å². The highest BCUT2D eigenvalue weighted by atomic mass is 35.5. The number of sulfonamides is 1. The molecule has 1 saturated heterocycles. The smallest absolute Gasteiger partial charge is 0.407 e. The summed E-state index contributed by atoms with van der Waals surface area (Å²) in [6.45, 7) is 11.4. The number of fused-ring (bicyclic) bond motifs is 1. The number of amides is 1. The predicted molar refractivity (Wildman–Crippen MR) is 190 cm³/mol. The van der Waals surface area contributed by atoms with Gasteiger partial charge in [0.15, 0.2) is 11.6 Å². The first-order valence-electron chi connectivity index (χ1n) is 15.8. The van der Waals surface area contributed by atoms with Crippen LogP contribution in [0.25, 0.3) is 16.7 Å². The molecule has 12 nitrogen and oxygen atoms in total. The largest absolute Gasteiger partial charge is 0.459 e. The summed E-state index contributed by atoms with van der Waals surface area (Å²) in [5.41, 5.74) is -0.414. The Hall–Kier alpha value is -4.07. The minimum atomic E-state index is -4.30. The van der Waals surface area contributed by atoms with Crippen molar-refractivity contribution in [2.75, 3.05) is 28.8 Å². The molecule has 0 aliphatic carbocycles. The zero-order valence-corrected chi connectivity index (χ0v) is 30.6. The van der Waals surface area contributed by atoms with E-state index in [1.807, 2.05) is 49.7 Å². The van der Waals surface area contributed by atoms with E-state index in [1.165, 1.54) is 18.2 Å².